The topological polar surface area (TPSA) is 59.4 Å². The molecule has 0 atom stereocenters. The molecular formula is C16H19NO3S. The fourth-order valence-electron chi connectivity index (χ4n) is 1.90. The fraction of sp³-hybridized carbons (Fsp3) is 0.375. The second kappa shape index (κ2) is 5.95. The van der Waals surface area contributed by atoms with E-state index in [9.17, 15) is 9.90 Å². The van der Waals surface area contributed by atoms with Crippen molar-refractivity contribution in [3.63, 3.8) is 0 Å². The zero-order chi connectivity index (χ0) is 15.6. The number of benzene rings is 1. The van der Waals surface area contributed by atoms with Crippen molar-refractivity contribution in [3.05, 3.63) is 40.5 Å². The highest BCUT2D eigenvalue weighted by molar-refractivity contribution is 7.15. The molecule has 21 heavy (non-hydrogen) atoms. The average molecular weight is 305 g/mol. The summed E-state index contributed by atoms with van der Waals surface area (Å²) in [6.07, 6.45) is 0. The summed E-state index contributed by atoms with van der Waals surface area (Å²) in [7, 11) is 1.65. The third-order valence-electron chi connectivity index (χ3n) is 3.00. The average Bonchev–Trinajstić information content (AvgIpc) is 2.85. The molecule has 0 radical (unpaired) electrons. The number of rotatable bonds is 4. The van der Waals surface area contributed by atoms with Crippen LogP contribution in [0.3, 0.4) is 0 Å². The SMILES string of the molecule is COCc1ccc(-c2sc(C(C)(C)C)nc2C(=O)O)cc1. The van der Waals surface area contributed by atoms with E-state index in [1.807, 2.05) is 45.0 Å². The molecule has 0 saturated carbocycles. The molecule has 0 aliphatic heterocycles. The molecule has 0 unspecified atom stereocenters. The Morgan fingerprint density at radius 2 is 1.90 bits per heavy atom. The van der Waals surface area contributed by atoms with Gasteiger partial charge in [0.25, 0.3) is 0 Å². The Kier molecular flexibility index (Phi) is 4.44. The van der Waals surface area contributed by atoms with Crippen molar-refractivity contribution in [2.45, 2.75) is 32.8 Å². The summed E-state index contributed by atoms with van der Waals surface area (Å²) in [5, 5.41) is 10.2. The van der Waals surface area contributed by atoms with Crippen molar-refractivity contribution >= 4 is 17.3 Å². The van der Waals surface area contributed by atoms with Crippen LogP contribution in [0, 0.1) is 0 Å². The Morgan fingerprint density at radius 1 is 1.29 bits per heavy atom. The third kappa shape index (κ3) is 3.49. The maximum absolute atomic E-state index is 11.4. The van der Waals surface area contributed by atoms with Gasteiger partial charge in [0.05, 0.1) is 16.5 Å². The summed E-state index contributed by atoms with van der Waals surface area (Å²) in [5.41, 5.74) is 1.90. The van der Waals surface area contributed by atoms with Gasteiger partial charge in [-0.05, 0) is 11.1 Å². The largest absolute Gasteiger partial charge is 0.476 e. The summed E-state index contributed by atoms with van der Waals surface area (Å²) >= 11 is 1.44. The molecule has 1 N–H and O–H groups in total. The number of aromatic carboxylic acids is 1. The molecule has 5 heteroatoms. The Morgan fingerprint density at radius 3 is 2.38 bits per heavy atom. The predicted molar refractivity (Wildman–Crippen MR) is 83.9 cm³/mol. The van der Waals surface area contributed by atoms with Gasteiger partial charge >= 0.3 is 5.97 Å². The van der Waals surface area contributed by atoms with Gasteiger partial charge in [0.2, 0.25) is 0 Å². The standard InChI is InChI=1S/C16H19NO3S/c1-16(2,3)15-17-12(14(18)19)13(21-15)11-7-5-10(6-8-11)9-20-4/h5-8H,9H2,1-4H3,(H,18,19). The second-order valence-electron chi connectivity index (χ2n) is 5.88. The Balaban J connectivity index is 2.46. The number of ether oxygens (including phenoxy) is 1. The minimum absolute atomic E-state index is 0.129. The molecule has 1 aromatic heterocycles. The number of methoxy groups -OCH3 is 1. The molecule has 112 valence electrons. The minimum atomic E-state index is -0.988. The van der Waals surface area contributed by atoms with Crippen molar-refractivity contribution in [1.82, 2.24) is 4.98 Å². The van der Waals surface area contributed by atoms with Gasteiger partial charge in [-0.25, -0.2) is 9.78 Å². The lowest BCUT2D eigenvalue weighted by Gasteiger charge is -2.13. The van der Waals surface area contributed by atoms with E-state index in [2.05, 4.69) is 4.98 Å². The van der Waals surface area contributed by atoms with Crippen LogP contribution in [0.25, 0.3) is 10.4 Å². The normalized spacial score (nSPS) is 11.6. The van der Waals surface area contributed by atoms with Crippen molar-refractivity contribution in [2.24, 2.45) is 0 Å². The Labute approximate surface area is 128 Å². The number of nitrogens with zero attached hydrogens (tertiary/aromatic N) is 1. The summed E-state index contributed by atoms with van der Waals surface area (Å²) in [4.78, 5) is 16.4. The first-order valence-corrected chi connectivity index (χ1v) is 7.47. The van der Waals surface area contributed by atoms with Crippen LogP contribution < -0.4 is 0 Å². The second-order valence-corrected chi connectivity index (χ2v) is 6.88. The fourth-order valence-corrected chi connectivity index (χ4v) is 3.02. The lowest BCUT2D eigenvalue weighted by Crippen LogP contribution is -2.11. The number of thiazole rings is 1. The van der Waals surface area contributed by atoms with Gasteiger partial charge in [0.15, 0.2) is 5.69 Å². The van der Waals surface area contributed by atoms with Crippen molar-refractivity contribution in [3.8, 4) is 10.4 Å². The van der Waals surface area contributed by atoms with E-state index >= 15 is 0 Å². The molecule has 0 saturated heterocycles. The van der Waals surface area contributed by atoms with Crippen LogP contribution in [-0.2, 0) is 16.8 Å². The van der Waals surface area contributed by atoms with Gasteiger partial charge in [0, 0.05) is 12.5 Å². The molecule has 0 aliphatic carbocycles. The summed E-state index contributed by atoms with van der Waals surface area (Å²) in [6.45, 7) is 6.64. The molecule has 2 rings (SSSR count). The minimum Gasteiger partial charge on any atom is -0.476 e. The Hall–Kier alpha value is -1.72. The van der Waals surface area contributed by atoms with Crippen LogP contribution in [0.1, 0.15) is 41.8 Å². The third-order valence-corrected chi connectivity index (χ3v) is 4.53. The van der Waals surface area contributed by atoms with E-state index in [-0.39, 0.29) is 11.1 Å². The smallest absolute Gasteiger partial charge is 0.356 e. The molecule has 1 aromatic carbocycles. The first kappa shape index (κ1) is 15.7. The highest BCUT2D eigenvalue weighted by atomic mass is 32.1. The van der Waals surface area contributed by atoms with Crippen LogP contribution in [0.4, 0.5) is 0 Å². The van der Waals surface area contributed by atoms with Gasteiger partial charge < -0.3 is 9.84 Å². The molecule has 0 amide bonds. The number of carboxylic acid groups (broad SMARTS) is 1. The molecule has 0 spiro atoms. The Bertz CT molecular complexity index is 639. The molecule has 0 bridgehead atoms. The molecule has 0 aliphatic rings. The molecule has 2 aromatic rings. The number of carbonyl (C=O) groups is 1. The highest BCUT2D eigenvalue weighted by Crippen LogP contribution is 2.36. The van der Waals surface area contributed by atoms with Gasteiger partial charge in [-0.15, -0.1) is 11.3 Å². The van der Waals surface area contributed by atoms with Gasteiger partial charge in [-0.3, -0.25) is 0 Å². The lowest BCUT2D eigenvalue weighted by molar-refractivity contribution is 0.0692. The van der Waals surface area contributed by atoms with Crippen LogP contribution in [0.15, 0.2) is 24.3 Å². The highest BCUT2D eigenvalue weighted by Gasteiger charge is 2.25. The van der Waals surface area contributed by atoms with Gasteiger partial charge in [-0.1, -0.05) is 45.0 Å². The van der Waals surface area contributed by atoms with E-state index in [0.29, 0.717) is 11.5 Å². The van der Waals surface area contributed by atoms with E-state index in [1.165, 1.54) is 11.3 Å². The summed E-state index contributed by atoms with van der Waals surface area (Å²) < 4.78 is 5.08. The quantitative estimate of drug-likeness (QED) is 0.929. The zero-order valence-electron chi connectivity index (χ0n) is 12.6. The van der Waals surface area contributed by atoms with Crippen LogP contribution in [0.2, 0.25) is 0 Å². The molecule has 0 fully saturated rings. The van der Waals surface area contributed by atoms with Crippen LogP contribution >= 0.6 is 11.3 Å². The summed E-state index contributed by atoms with van der Waals surface area (Å²) in [5.74, 6) is -0.988. The molecule has 1 heterocycles. The number of aromatic nitrogens is 1. The molecular weight excluding hydrogens is 286 g/mol. The lowest BCUT2D eigenvalue weighted by atomic mass is 9.98. The van der Waals surface area contributed by atoms with E-state index in [1.54, 1.807) is 7.11 Å². The first-order valence-electron chi connectivity index (χ1n) is 6.66. The van der Waals surface area contributed by atoms with Gasteiger partial charge in [0.1, 0.15) is 0 Å². The van der Waals surface area contributed by atoms with E-state index in [0.717, 1.165) is 16.1 Å². The van der Waals surface area contributed by atoms with E-state index < -0.39 is 5.97 Å². The van der Waals surface area contributed by atoms with Gasteiger partial charge in [-0.2, -0.15) is 0 Å². The number of hydrogen-bond donors (Lipinski definition) is 1. The van der Waals surface area contributed by atoms with Crippen LogP contribution in [0.5, 0.6) is 0 Å². The number of carboxylic acids is 1. The maximum atomic E-state index is 11.4. The maximum Gasteiger partial charge on any atom is 0.356 e. The predicted octanol–water partition coefficient (Wildman–Crippen LogP) is 3.95. The van der Waals surface area contributed by atoms with Crippen molar-refractivity contribution < 1.29 is 14.6 Å². The van der Waals surface area contributed by atoms with Crippen LogP contribution in [-0.4, -0.2) is 23.2 Å². The number of hydrogen-bond acceptors (Lipinski definition) is 4. The first-order chi connectivity index (χ1) is 9.82. The van der Waals surface area contributed by atoms with E-state index in [4.69, 9.17) is 4.74 Å². The summed E-state index contributed by atoms with van der Waals surface area (Å²) in [6, 6.07) is 7.73. The van der Waals surface area contributed by atoms with Crippen molar-refractivity contribution in [2.75, 3.05) is 7.11 Å². The monoisotopic (exact) mass is 305 g/mol. The molecule has 4 nitrogen and oxygen atoms in total. The zero-order valence-corrected chi connectivity index (χ0v) is 13.5. The van der Waals surface area contributed by atoms with Crippen molar-refractivity contribution in [1.29, 1.82) is 0 Å².